The molecule has 16 heavy (non-hydrogen) atoms. The minimum Gasteiger partial charge on any atom is -0.0730 e. The van der Waals surface area contributed by atoms with Gasteiger partial charge in [0.25, 0.3) is 0 Å². The summed E-state index contributed by atoms with van der Waals surface area (Å²) in [6, 6.07) is 0. The Bertz CT molecular complexity index is 176. The van der Waals surface area contributed by atoms with Crippen molar-refractivity contribution in [1.82, 2.24) is 0 Å². The summed E-state index contributed by atoms with van der Waals surface area (Å²) in [6.07, 6.45) is 9.65. The molecule has 0 aliphatic heterocycles. The van der Waals surface area contributed by atoms with Gasteiger partial charge in [0.05, 0.1) is 0 Å². The van der Waals surface area contributed by atoms with Crippen molar-refractivity contribution in [3.8, 4) is 0 Å². The predicted molar refractivity (Wildman–Crippen MR) is 77.8 cm³/mol. The van der Waals surface area contributed by atoms with Gasteiger partial charge in [0, 0.05) is 0 Å². The van der Waals surface area contributed by atoms with E-state index in [1.807, 2.05) is 13.8 Å². The van der Waals surface area contributed by atoms with E-state index in [0.29, 0.717) is 0 Å². The highest BCUT2D eigenvalue weighted by molar-refractivity contribution is 5.20. The van der Waals surface area contributed by atoms with Crippen molar-refractivity contribution < 1.29 is 0 Å². The molecule has 0 saturated carbocycles. The van der Waals surface area contributed by atoms with Crippen LogP contribution >= 0.6 is 0 Å². The standard InChI is InChI=1S/C8H12.C6H14.C2H6/c1-7-3-5-8(2)6-4-7;1-4-5-6(2)3;1-2/h3,5H,4,6H2,1-2H3;6H,4-5H2,1-3H3;1-2H3. The fourth-order valence-electron chi connectivity index (χ4n) is 1.42. The highest BCUT2D eigenvalue weighted by Gasteiger charge is 1.95. The molecule has 0 nitrogen and oxygen atoms in total. The number of hydrogen-bond acceptors (Lipinski definition) is 0. The second-order valence-electron chi connectivity index (χ2n) is 4.71. The van der Waals surface area contributed by atoms with Gasteiger partial charge in [0.15, 0.2) is 0 Å². The summed E-state index contributed by atoms with van der Waals surface area (Å²) < 4.78 is 0. The Morgan fingerprint density at radius 3 is 1.50 bits per heavy atom. The van der Waals surface area contributed by atoms with Gasteiger partial charge in [-0.25, -0.2) is 0 Å². The first-order valence-electron chi connectivity index (χ1n) is 6.89. The van der Waals surface area contributed by atoms with Gasteiger partial charge in [-0.3, -0.25) is 0 Å². The van der Waals surface area contributed by atoms with E-state index in [0.717, 1.165) is 5.92 Å². The summed E-state index contributed by atoms with van der Waals surface area (Å²) in [7, 11) is 0. The van der Waals surface area contributed by atoms with Crippen molar-refractivity contribution in [2.75, 3.05) is 0 Å². The molecule has 0 aromatic rings. The Balaban J connectivity index is 0. The van der Waals surface area contributed by atoms with Gasteiger partial charge < -0.3 is 0 Å². The van der Waals surface area contributed by atoms with Gasteiger partial charge in [-0.05, 0) is 32.6 Å². The van der Waals surface area contributed by atoms with Crippen LogP contribution in [0.3, 0.4) is 0 Å². The molecule has 96 valence electrons. The maximum atomic E-state index is 2.25. The highest BCUT2D eigenvalue weighted by Crippen LogP contribution is 2.15. The third-order valence-corrected chi connectivity index (χ3v) is 2.43. The van der Waals surface area contributed by atoms with Gasteiger partial charge >= 0.3 is 0 Å². The molecule has 1 rings (SSSR count). The molecule has 0 atom stereocenters. The molecule has 0 saturated heterocycles. The molecule has 0 aromatic heterocycles. The molecule has 1 aliphatic rings. The molecule has 0 fully saturated rings. The summed E-state index contributed by atoms with van der Waals surface area (Å²) in [5, 5.41) is 0. The van der Waals surface area contributed by atoms with Gasteiger partial charge in [0.1, 0.15) is 0 Å². The van der Waals surface area contributed by atoms with Crippen molar-refractivity contribution >= 4 is 0 Å². The van der Waals surface area contributed by atoms with E-state index < -0.39 is 0 Å². The second-order valence-corrected chi connectivity index (χ2v) is 4.71. The average molecular weight is 224 g/mol. The zero-order chi connectivity index (χ0) is 13.0. The van der Waals surface area contributed by atoms with E-state index in [4.69, 9.17) is 0 Å². The normalized spacial score (nSPS) is 14.0. The Morgan fingerprint density at radius 1 is 1.00 bits per heavy atom. The van der Waals surface area contributed by atoms with E-state index >= 15 is 0 Å². The smallest absolute Gasteiger partial charge is 0.0283 e. The lowest BCUT2D eigenvalue weighted by molar-refractivity contribution is 0.576. The van der Waals surface area contributed by atoms with Crippen LogP contribution < -0.4 is 0 Å². The Hall–Kier alpha value is -0.520. The van der Waals surface area contributed by atoms with Crippen LogP contribution in [0.2, 0.25) is 0 Å². The van der Waals surface area contributed by atoms with E-state index in [2.05, 4.69) is 46.8 Å². The first-order chi connectivity index (χ1) is 7.56. The fraction of sp³-hybridized carbons (Fsp3) is 0.750. The lowest BCUT2D eigenvalue weighted by Gasteiger charge is -2.05. The summed E-state index contributed by atoms with van der Waals surface area (Å²) in [4.78, 5) is 0. The average Bonchev–Trinajstić information content (AvgIpc) is 2.26. The molecule has 1 aliphatic carbocycles. The summed E-state index contributed by atoms with van der Waals surface area (Å²) in [6.45, 7) is 15.1. The molecule has 0 bridgehead atoms. The molecule has 0 N–H and O–H groups in total. The quantitative estimate of drug-likeness (QED) is 0.528. The largest absolute Gasteiger partial charge is 0.0730 e. The van der Waals surface area contributed by atoms with Crippen LogP contribution in [0.25, 0.3) is 0 Å². The molecule has 0 heteroatoms. The Morgan fingerprint density at radius 2 is 1.38 bits per heavy atom. The van der Waals surface area contributed by atoms with Crippen LogP contribution in [0.1, 0.15) is 74.1 Å². The number of allylic oxidation sites excluding steroid dienone is 4. The van der Waals surface area contributed by atoms with Crippen LogP contribution in [-0.2, 0) is 0 Å². The van der Waals surface area contributed by atoms with Crippen LogP contribution in [0, 0.1) is 5.92 Å². The van der Waals surface area contributed by atoms with Crippen molar-refractivity contribution in [1.29, 1.82) is 0 Å². The van der Waals surface area contributed by atoms with Crippen LogP contribution in [0.5, 0.6) is 0 Å². The van der Waals surface area contributed by atoms with Gasteiger partial charge in [-0.2, -0.15) is 0 Å². The zero-order valence-corrected chi connectivity index (χ0v) is 12.6. The third-order valence-electron chi connectivity index (χ3n) is 2.43. The molecule has 0 radical (unpaired) electrons. The predicted octanol–water partition coefficient (Wildman–Crippen LogP) is 6.14. The molecular weight excluding hydrogens is 192 g/mol. The molecular formula is C16H32. The lowest BCUT2D eigenvalue weighted by Crippen LogP contribution is -1.85. The van der Waals surface area contributed by atoms with Gasteiger partial charge in [-0.1, -0.05) is 70.8 Å². The van der Waals surface area contributed by atoms with E-state index in [1.54, 1.807) is 0 Å². The van der Waals surface area contributed by atoms with Crippen LogP contribution in [-0.4, -0.2) is 0 Å². The summed E-state index contributed by atoms with van der Waals surface area (Å²) in [5.74, 6) is 0.898. The zero-order valence-electron chi connectivity index (χ0n) is 12.6. The van der Waals surface area contributed by atoms with Gasteiger partial charge in [0.2, 0.25) is 0 Å². The topological polar surface area (TPSA) is 0 Å². The minimum absolute atomic E-state index is 0.898. The first kappa shape index (κ1) is 17.9. The van der Waals surface area contributed by atoms with Crippen molar-refractivity contribution in [3.05, 3.63) is 23.3 Å². The van der Waals surface area contributed by atoms with Crippen molar-refractivity contribution in [3.63, 3.8) is 0 Å². The van der Waals surface area contributed by atoms with E-state index in [-0.39, 0.29) is 0 Å². The molecule has 0 heterocycles. The van der Waals surface area contributed by atoms with E-state index in [1.165, 1.54) is 36.8 Å². The van der Waals surface area contributed by atoms with Crippen LogP contribution in [0.15, 0.2) is 23.3 Å². The Labute approximate surface area is 104 Å². The van der Waals surface area contributed by atoms with Crippen molar-refractivity contribution in [2.24, 2.45) is 5.92 Å². The SMILES string of the molecule is CC.CC1=CC=C(C)CC1.CCCC(C)C. The Kier molecular flexibility index (Phi) is 14.0. The number of hydrogen-bond donors (Lipinski definition) is 0. The van der Waals surface area contributed by atoms with Crippen molar-refractivity contribution in [2.45, 2.75) is 74.1 Å². The molecule has 0 spiro atoms. The third kappa shape index (κ3) is 13.5. The minimum atomic E-state index is 0.898. The van der Waals surface area contributed by atoms with Gasteiger partial charge in [-0.15, -0.1) is 0 Å². The second kappa shape index (κ2) is 12.5. The van der Waals surface area contributed by atoms with Crippen LogP contribution in [0.4, 0.5) is 0 Å². The molecule has 0 aromatic carbocycles. The summed E-state index contributed by atoms with van der Waals surface area (Å²) >= 11 is 0. The fourth-order valence-corrected chi connectivity index (χ4v) is 1.42. The highest BCUT2D eigenvalue weighted by atomic mass is 14.0. The number of rotatable bonds is 2. The first-order valence-corrected chi connectivity index (χ1v) is 6.89. The molecule has 0 unspecified atom stereocenters. The maximum absolute atomic E-state index is 2.25. The monoisotopic (exact) mass is 224 g/mol. The van der Waals surface area contributed by atoms with E-state index in [9.17, 15) is 0 Å². The molecule has 0 amide bonds. The maximum Gasteiger partial charge on any atom is -0.0283 e. The lowest BCUT2D eigenvalue weighted by atomic mass is 10.0. The summed E-state index contributed by atoms with van der Waals surface area (Å²) in [5.41, 5.74) is 3.02.